The number of methoxy groups -OCH3 is 1. The van der Waals surface area contributed by atoms with Crippen LogP contribution in [0.15, 0.2) is 42.5 Å². The SMILES string of the molecule is CCc1ccc(N2CC(C(=O)Nc3ccc(OC)c(-n4nnnc4C)c3)CC2=O)cc1. The van der Waals surface area contributed by atoms with Crippen LogP contribution in [0.2, 0.25) is 0 Å². The van der Waals surface area contributed by atoms with Crippen LogP contribution in [0.25, 0.3) is 5.69 Å². The summed E-state index contributed by atoms with van der Waals surface area (Å²) in [6, 6.07) is 13.1. The number of hydrogen-bond acceptors (Lipinski definition) is 6. The summed E-state index contributed by atoms with van der Waals surface area (Å²) < 4.78 is 6.93. The van der Waals surface area contributed by atoms with Crippen LogP contribution in [-0.4, -0.2) is 45.7 Å². The lowest BCUT2D eigenvalue weighted by atomic mass is 10.1. The van der Waals surface area contributed by atoms with Crippen molar-refractivity contribution >= 4 is 23.2 Å². The van der Waals surface area contributed by atoms with Crippen LogP contribution < -0.4 is 15.0 Å². The van der Waals surface area contributed by atoms with Crippen molar-refractivity contribution in [3.63, 3.8) is 0 Å². The molecular weight excluding hydrogens is 396 g/mol. The predicted octanol–water partition coefficient (Wildman–Crippen LogP) is 2.53. The van der Waals surface area contributed by atoms with Gasteiger partial charge in [0.1, 0.15) is 11.4 Å². The Morgan fingerprint density at radius 1 is 1.23 bits per heavy atom. The summed E-state index contributed by atoms with van der Waals surface area (Å²) in [7, 11) is 1.56. The number of hydrogen-bond donors (Lipinski definition) is 1. The number of aryl methyl sites for hydroxylation is 2. The Hall–Kier alpha value is -3.75. The Morgan fingerprint density at radius 2 is 2.00 bits per heavy atom. The summed E-state index contributed by atoms with van der Waals surface area (Å²) in [6.45, 7) is 4.21. The number of nitrogens with one attached hydrogen (secondary N) is 1. The largest absolute Gasteiger partial charge is 0.494 e. The van der Waals surface area contributed by atoms with Crippen molar-refractivity contribution in [2.45, 2.75) is 26.7 Å². The van der Waals surface area contributed by atoms with Gasteiger partial charge in [-0.05, 0) is 59.7 Å². The summed E-state index contributed by atoms with van der Waals surface area (Å²) >= 11 is 0. The highest BCUT2D eigenvalue weighted by Crippen LogP contribution is 2.29. The monoisotopic (exact) mass is 420 g/mol. The van der Waals surface area contributed by atoms with Crippen molar-refractivity contribution < 1.29 is 14.3 Å². The highest BCUT2D eigenvalue weighted by molar-refractivity contribution is 6.03. The van der Waals surface area contributed by atoms with Crippen LogP contribution in [-0.2, 0) is 16.0 Å². The van der Waals surface area contributed by atoms with E-state index in [2.05, 4.69) is 27.8 Å². The van der Waals surface area contributed by atoms with Gasteiger partial charge < -0.3 is 15.0 Å². The number of tetrazole rings is 1. The van der Waals surface area contributed by atoms with Crippen LogP contribution in [0, 0.1) is 12.8 Å². The average molecular weight is 420 g/mol. The molecule has 3 aromatic rings. The Morgan fingerprint density at radius 3 is 2.65 bits per heavy atom. The van der Waals surface area contributed by atoms with Gasteiger partial charge in [-0.25, -0.2) is 0 Å². The standard InChI is InChI=1S/C22H24N6O3/c1-4-15-5-8-18(9-6-15)27-13-16(11-21(27)29)22(30)23-17-7-10-20(31-3)19(12-17)28-14(2)24-25-26-28/h5-10,12,16H,4,11,13H2,1-3H3,(H,23,30). The maximum atomic E-state index is 12.9. The van der Waals surface area contributed by atoms with Crippen molar-refractivity contribution in [2.75, 3.05) is 23.9 Å². The molecule has 0 aliphatic carbocycles. The van der Waals surface area contributed by atoms with Crippen molar-refractivity contribution in [3.8, 4) is 11.4 Å². The zero-order chi connectivity index (χ0) is 22.0. The molecule has 1 saturated heterocycles. The first-order valence-electron chi connectivity index (χ1n) is 10.1. The van der Waals surface area contributed by atoms with Crippen molar-refractivity contribution in [1.29, 1.82) is 0 Å². The van der Waals surface area contributed by atoms with Gasteiger partial charge in [-0.1, -0.05) is 19.1 Å². The number of aromatic nitrogens is 4. The van der Waals surface area contributed by atoms with E-state index in [-0.39, 0.29) is 18.2 Å². The lowest BCUT2D eigenvalue weighted by Gasteiger charge is -2.17. The molecule has 0 bridgehead atoms. The summed E-state index contributed by atoms with van der Waals surface area (Å²) in [4.78, 5) is 27.1. The number of rotatable bonds is 6. The second kappa shape index (κ2) is 8.55. The Labute approximate surface area is 180 Å². The molecule has 0 spiro atoms. The summed E-state index contributed by atoms with van der Waals surface area (Å²) in [5, 5.41) is 14.4. The van der Waals surface area contributed by atoms with Crippen LogP contribution in [0.1, 0.15) is 24.7 Å². The van der Waals surface area contributed by atoms with E-state index in [1.165, 1.54) is 10.2 Å². The van der Waals surface area contributed by atoms with Crippen LogP contribution >= 0.6 is 0 Å². The van der Waals surface area contributed by atoms with E-state index in [4.69, 9.17) is 4.74 Å². The first kappa shape index (κ1) is 20.5. The highest BCUT2D eigenvalue weighted by Gasteiger charge is 2.35. The third-order valence-corrected chi connectivity index (χ3v) is 5.45. The zero-order valence-electron chi connectivity index (χ0n) is 17.7. The van der Waals surface area contributed by atoms with Crippen LogP contribution in [0.3, 0.4) is 0 Å². The van der Waals surface area contributed by atoms with Crippen LogP contribution in [0.4, 0.5) is 11.4 Å². The highest BCUT2D eigenvalue weighted by atomic mass is 16.5. The normalized spacial score (nSPS) is 15.9. The zero-order valence-corrected chi connectivity index (χ0v) is 17.7. The van der Waals surface area contributed by atoms with Gasteiger partial charge in [0, 0.05) is 24.3 Å². The van der Waals surface area contributed by atoms with E-state index in [0.29, 0.717) is 29.5 Å². The van der Waals surface area contributed by atoms with E-state index < -0.39 is 5.92 Å². The third kappa shape index (κ3) is 4.11. The summed E-state index contributed by atoms with van der Waals surface area (Å²) in [5.41, 5.74) is 3.22. The minimum absolute atomic E-state index is 0.0517. The second-order valence-electron chi connectivity index (χ2n) is 7.44. The molecule has 2 heterocycles. The molecule has 31 heavy (non-hydrogen) atoms. The van der Waals surface area contributed by atoms with Gasteiger partial charge in [0.05, 0.1) is 13.0 Å². The van der Waals surface area contributed by atoms with Gasteiger partial charge in [-0.2, -0.15) is 4.68 Å². The van der Waals surface area contributed by atoms with Crippen molar-refractivity contribution in [2.24, 2.45) is 5.92 Å². The molecule has 0 radical (unpaired) electrons. The fraction of sp³-hybridized carbons (Fsp3) is 0.318. The summed E-state index contributed by atoms with van der Waals surface area (Å²) in [6.07, 6.45) is 1.11. The lowest BCUT2D eigenvalue weighted by Crippen LogP contribution is -2.28. The second-order valence-corrected chi connectivity index (χ2v) is 7.44. The number of anilines is 2. The molecule has 1 aliphatic heterocycles. The molecule has 1 atom stereocenters. The van der Waals surface area contributed by atoms with E-state index in [9.17, 15) is 9.59 Å². The fourth-order valence-electron chi connectivity index (χ4n) is 3.68. The molecule has 160 valence electrons. The molecule has 1 fully saturated rings. The summed E-state index contributed by atoms with van der Waals surface area (Å²) in [5.74, 6) is 0.479. The molecule has 2 aromatic carbocycles. The molecule has 0 saturated carbocycles. The first-order valence-corrected chi connectivity index (χ1v) is 10.1. The smallest absolute Gasteiger partial charge is 0.229 e. The number of nitrogens with zero attached hydrogens (tertiary/aromatic N) is 5. The van der Waals surface area contributed by atoms with Crippen molar-refractivity contribution in [3.05, 3.63) is 53.9 Å². The third-order valence-electron chi connectivity index (χ3n) is 5.45. The van der Waals surface area contributed by atoms with Gasteiger partial charge in [0.25, 0.3) is 0 Å². The molecule has 1 aliphatic rings. The maximum absolute atomic E-state index is 12.9. The molecule has 1 N–H and O–H groups in total. The number of amides is 2. The Balaban J connectivity index is 1.49. The van der Waals surface area contributed by atoms with E-state index in [0.717, 1.165) is 12.1 Å². The minimum Gasteiger partial charge on any atom is -0.494 e. The van der Waals surface area contributed by atoms with Gasteiger partial charge in [-0.15, -0.1) is 5.10 Å². The van der Waals surface area contributed by atoms with Gasteiger partial charge in [0.2, 0.25) is 11.8 Å². The molecular formula is C22H24N6O3. The first-order chi connectivity index (χ1) is 15.0. The quantitative estimate of drug-likeness (QED) is 0.657. The molecule has 9 nitrogen and oxygen atoms in total. The molecule has 1 aromatic heterocycles. The Bertz CT molecular complexity index is 1110. The van der Waals surface area contributed by atoms with E-state index >= 15 is 0 Å². The van der Waals surface area contributed by atoms with E-state index in [1.54, 1.807) is 37.1 Å². The molecule has 1 unspecified atom stereocenters. The molecule has 2 amide bonds. The molecule has 4 rings (SSSR count). The minimum atomic E-state index is -0.432. The Kier molecular flexibility index (Phi) is 5.66. The van der Waals surface area contributed by atoms with E-state index in [1.807, 2.05) is 24.3 Å². The average Bonchev–Trinajstić information content (AvgIpc) is 3.39. The topological polar surface area (TPSA) is 102 Å². The number of carbonyl (C=O) groups is 2. The van der Waals surface area contributed by atoms with Gasteiger partial charge in [-0.3, -0.25) is 9.59 Å². The predicted molar refractivity (Wildman–Crippen MR) is 115 cm³/mol. The number of benzene rings is 2. The number of carbonyl (C=O) groups excluding carboxylic acids is 2. The maximum Gasteiger partial charge on any atom is 0.229 e. The lowest BCUT2D eigenvalue weighted by molar-refractivity contribution is -0.122. The molecule has 9 heteroatoms. The van der Waals surface area contributed by atoms with Gasteiger partial charge >= 0.3 is 0 Å². The van der Waals surface area contributed by atoms with Gasteiger partial charge in [0.15, 0.2) is 5.82 Å². The number of ether oxygens (including phenoxy) is 1. The van der Waals surface area contributed by atoms with Crippen LogP contribution in [0.5, 0.6) is 5.75 Å². The van der Waals surface area contributed by atoms with Crippen molar-refractivity contribution in [1.82, 2.24) is 20.2 Å². The fourth-order valence-corrected chi connectivity index (χ4v) is 3.68.